The number of nitrogens with one attached hydrogen (secondary N) is 1. The van der Waals surface area contributed by atoms with Gasteiger partial charge >= 0.3 is 0 Å². The summed E-state index contributed by atoms with van der Waals surface area (Å²) in [6, 6.07) is 12.1. The van der Waals surface area contributed by atoms with Crippen molar-refractivity contribution in [2.45, 2.75) is 33.7 Å². The van der Waals surface area contributed by atoms with Gasteiger partial charge in [0.15, 0.2) is 11.5 Å². The molecule has 164 valence electrons. The molecule has 1 aliphatic heterocycles. The summed E-state index contributed by atoms with van der Waals surface area (Å²) in [5.41, 5.74) is 1.82. The van der Waals surface area contributed by atoms with Crippen LogP contribution in [0.25, 0.3) is 5.57 Å². The summed E-state index contributed by atoms with van der Waals surface area (Å²) < 4.78 is 16.5. The van der Waals surface area contributed by atoms with E-state index in [-0.39, 0.29) is 23.6 Å². The van der Waals surface area contributed by atoms with Crippen molar-refractivity contribution in [1.82, 2.24) is 4.90 Å². The zero-order chi connectivity index (χ0) is 22.5. The molecule has 0 fully saturated rings. The summed E-state index contributed by atoms with van der Waals surface area (Å²) in [6.45, 7) is 8.40. The predicted molar refractivity (Wildman–Crippen MR) is 119 cm³/mol. The van der Waals surface area contributed by atoms with Gasteiger partial charge in [0, 0.05) is 17.8 Å². The van der Waals surface area contributed by atoms with Crippen LogP contribution in [0.2, 0.25) is 0 Å². The van der Waals surface area contributed by atoms with E-state index in [2.05, 4.69) is 5.32 Å². The van der Waals surface area contributed by atoms with Gasteiger partial charge in [0.1, 0.15) is 11.4 Å². The number of imide groups is 1. The van der Waals surface area contributed by atoms with Crippen molar-refractivity contribution >= 4 is 23.1 Å². The molecule has 7 heteroatoms. The van der Waals surface area contributed by atoms with Gasteiger partial charge in [0.05, 0.1) is 25.9 Å². The summed E-state index contributed by atoms with van der Waals surface area (Å²) in [6.07, 6.45) is 0. The van der Waals surface area contributed by atoms with E-state index in [4.69, 9.17) is 14.2 Å². The van der Waals surface area contributed by atoms with Crippen molar-refractivity contribution in [2.24, 2.45) is 0 Å². The number of carbonyl (C=O) groups excluding carboxylic acids is 2. The molecule has 7 nitrogen and oxygen atoms in total. The van der Waals surface area contributed by atoms with Crippen molar-refractivity contribution in [3.63, 3.8) is 0 Å². The van der Waals surface area contributed by atoms with Gasteiger partial charge in [-0.3, -0.25) is 14.5 Å². The molecule has 2 aromatic rings. The zero-order valence-corrected chi connectivity index (χ0v) is 18.5. The molecule has 0 aliphatic carbocycles. The van der Waals surface area contributed by atoms with Crippen LogP contribution in [0.3, 0.4) is 0 Å². The van der Waals surface area contributed by atoms with E-state index < -0.39 is 0 Å². The van der Waals surface area contributed by atoms with E-state index in [1.165, 1.54) is 4.90 Å². The first-order valence-corrected chi connectivity index (χ1v) is 10.3. The molecule has 0 atom stereocenters. The van der Waals surface area contributed by atoms with Gasteiger partial charge in [-0.15, -0.1) is 0 Å². The van der Waals surface area contributed by atoms with Crippen molar-refractivity contribution in [2.75, 3.05) is 25.6 Å². The second-order valence-electron chi connectivity index (χ2n) is 7.21. The van der Waals surface area contributed by atoms with E-state index >= 15 is 0 Å². The highest BCUT2D eigenvalue weighted by Crippen LogP contribution is 2.35. The van der Waals surface area contributed by atoms with Gasteiger partial charge < -0.3 is 19.5 Å². The van der Waals surface area contributed by atoms with Crippen molar-refractivity contribution < 1.29 is 23.8 Å². The number of carbonyl (C=O) groups is 2. The largest absolute Gasteiger partial charge is 0.497 e. The average molecular weight is 424 g/mol. The molecule has 2 amide bonds. The molecule has 1 N–H and O–H groups in total. The van der Waals surface area contributed by atoms with Crippen LogP contribution in [0.5, 0.6) is 17.2 Å². The Bertz CT molecular complexity index is 996. The fourth-order valence-corrected chi connectivity index (χ4v) is 3.43. The summed E-state index contributed by atoms with van der Waals surface area (Å²) in [5.74, 6) is 1.17. The van der Waals surface area contributed by atoms with Crippen molar-refractivity contribution in [3.8, 4) is 17.2 Å². The Morgan fingerprint density at radius 1 is 0.903 bits per heavy atom. The highest BCUT2D eigenvalue weighted by atomic mass is 16.5. The third-order valence-electron chi connectivity index (χ3n) is 4.82. The number of ether oxygens (including phenoxy) is 3. The predicted octanol–water partition coefficient (Wildman–Crippen LogP) is 4.09. The lowest BCUT2D eigenvalue weighted by molar-refractivity contribution is -0.138. The molecule has 3 rings (SSSR count). The first-order valence-electron chi connectivity index (χ1n) is 10.3. The molecule has 0 spiro atoms. The van der Waals surface area contributed by atoms with E-state index in [1.807, 2.05) is 27.7 Å². The summed E-state index contributed by atoms with van der Waals surface area (Å²) in [4.78, 5) is 27.6. The Kier molecular flexibility index (Phi) is 6.84. The minimum absolute atomic E-state index is 0.232. The Balaban J connectivity index is 2.05. The monoisotopic (exact) mass is 424 g/mol. The molecule has 1 heterocycles. The van der Waals surface area contributed by atoms with Gasteiger partial charge in [0.25, 0.3) is 11.8 Å². The first kappa shape index (κ1) is 22.2. The number of rotatable bonds is 9. The van der Waals surface area contributed by atoms with E-state index in [9.17, 15) is 9.59 Å². The quantitative estimate of drug-likeness (QED) is 0.611. The van der Waals surface area contributed by atoms with E-state index in [0.29, 0.717) is 47.3 Å². The lowest BCUT2D eigenvalue weighted by Gasteiger charge is -2.19. The second kappa shape index (κ2) is 9.55. The van der Waals surface area contributed by atoms with Crippen LogP contribution < -0.4 is 19.5 Å². The lowest BCUT2D eigenvalue weighted by atomic mass is 10.0. The minimum Gasteiger partial charge on any atom is -0.497 e. The smallest absolute Gasteiger partial charge is 0.278 e. The van der Waals surface area contributed by atoms with Gasteiger partial charge in [-0.05, 0) is 57.5 Å². The molecule has 0 bridgehead atoms. The SMILES string of the molecule is CCOc1ccc(NC2=C(c3ccc(OC)cc3)C(=O)N(C(C)C)C2=O)cc1OCC. The molecule has 0 unspecified atom stereocenters. The fourth-order valence-electron chi connectivity index (χ4n) is 3.43. The van der Waals surface area contributed by atoms with Crippen LogP contribution in [0.15, 0.2) is 48.2 Å². The first-order chi connectivity index (χ1) is 14.9. The molecule has 1 aliphatic rings. The maximum absolute atomic E-state index is 13.2. The molecular formula is C24H28N2O5. The Labute approximate surface area is 182 Å². The number of nitrogens with zero attached hydrogens (tertiary/aromatic N) is 1. The topological polar surface area (TPSA) is 77.1 Å². The normalized spacial score (nSPS) is 13.8. The number of hydrogen-bond donors (Lipinski definition) is 1. The second-order valence-corrected chi connectivity index (χ2v) is 7.21. The van der Waals surface area contributed by atoms with Crippen LogP contribution in [-0.4, -0.2) is 43.1 Å². The van der Waals surface area contributed by atoms with Crippen LogP contribution in [0, 0.1) is 0 Å². The third-order valence-corrected chi connectivity index (χ3v) is 4.82. The number of anilines is 1. The van der Waals surface area contributed by atoms with Crippen molar-refractivity contribution in [3.05, 3.63) is 53.7 Å². The maximum atomic E-state index is 13.2. The third kappa shape index (κ3) is 4.50. The molecule has 31 heavy (non-hydrogen) atoms. The zero-order valence-electron chi connectivity index (χ0n) is 18.5. The highest BCUT2D eigenvalue weighted by Gasteiger charge is 2.40. The summed E-state index contributed by atoms with van der Waals surface area (Å²) in [7, 11) is 1.58. The van der Waals surface area contributed by atoms with Gasteiger partial charge in [-0.1, -0.05) is 12.1 Å². The van der Waals surface area contributed by atoms with Crippen LogP contribution in [0.1, 0.15) is 33.3 Å². The Morgan fingerprint density at radius 3 is 2.13 bits per heavy atom. The Morgan fingerprint density at radius 2 is 1.55 bits per heavy atom. The van der Waals surface area contributed by atoms with Gasteiger partial charge in [-0.25, -0.2) is 0 Å². The lowest BCUT2D eigenvalue weighted by Crippen LogP contribution is -2.38. The van der Waals surface area contributed by atoms with Gasteiger partial charge in [0.2, 0.25) is 0 Å². The number of hydrogen-bond acceptors (Lipinski definition) is 6. The molecule has 0 saturated carbocycles. The molecule has 0 aromatic heterocycles. The molecule has 0 radical (unpaired) electrons. The summed E-state index contributed by atoms with van der Waals surface area (Å²) >= 11 is 0. The number of methoxy groups -OCH3 is 1. The van der Waals surface area contributed by atoms with Crippen LogP contribution in [-0.2, 0) is 9.59 Å². The standard InChI is InChI=1S/C24H28N2O5/c1-6-30-19-13-10-17(14-20(19)31-7-2)25-22-21(16-8-11-18(29-5)12-9-16)23(27)26(15(3)4)24(22)28/h8-15,25H,6-7H2,1-5H3. The van der Waals surface area contributed by atoms with Crippen molar-refractivity contribution in [1.29, 1.82) is 0 Å². The molecule has 0 saturated heterocycles. The van der Waals surface area contributed by atoms with E-state index in [1.54, 1.807) is 49.6 Å². The molecule has 2 aromatic carbocycles. The summed E-state index contributed by atoms with van der Waals surface area (Å²) in [5, 5.41) is 3.15. The number of benzene rings is 2. The fraction of sp³-hybridized carbons (Fsp3) is 0.333. The minimum atomic E-state index is -0.363. The van der Waals surface area contributed by atoms with Gasteiger partial charge in [-0.2, -0.15) is 0 Å². The highest BCUT2D eigenvalue weighted by molar-refractivity contribution is 6.36. The van der Waals surface area contributed by atoms with Crippen LogP contribution >= 0.6 is 0 Å². The molecular weight excluding hydrogens is 396 g/mol. The van der Waals surface area contributed by atoms with Crippen LogP contribution in [0.4, 0.5) is 5.69 Å². The number of amides is 2. The Hall–Kier alpha value is -3.48. The maximum Gasteiger partial charge on any atom is 0.278 e. The average Bonchev–Trinajstić information content (AvgIpc) is 3.00. The van der Waals surface area contributed by atoms with E-state index in [0.717, 1.165) is 0 Å².